The largest absolute Gasteiger partial charge is 0.351 e. The lowest BCUT2D eigenvalue weighted by Crippen LogP contribution is -2.29. The van der Waals surface area contributed by atoms with Crippen molar-refractivity contribution in [1.29, 1.82) is 0 Å². The number of halogens is 1. The fraction of sp³-hybridized carbons (Fsp3) is 0.0625. The predicted molar refractivity (Wildman–Crippen MR) is 81.5 cm³/mol. The van der Waals surface area contributed by atoms with Gasteiger partial charge in [-0.05, 0) is 35.4 Å². The number of aromatic nitrogens is 2. The van der Waals surface area contributed by atoms with Crippen molar-refractivity contribution in [3.8, 4) is 0 Å². The van der Waals surface area contributed by atoms with Crippen molar-refractivity contribution < 1.29 is 9.32 Å². The van der Waals surface area contributed by atoms with Crippen LogP contribution in [0.15, 0.2) is 65.6 Å². The monoisotopic (exact) mass is 313 g/mol. The summed E-state index contributed by atoms with van der Waals surface area (Å²) in [6.45, 7) is 0. The van der Waals surface area contributed by atoms with Gasteiger partial charge < -0.3 is 9.84 Å². The van der Waals surface area contributed by atoms with Crippen molar-refractivity contribution in [3.05, 3.63) is 83.0 Å². The van der Waals surface area contributed by atoms with Gasteiger partial charge in [-0.15, -0.1) is 0 Å². The standard InChI is InChI=1S/C16H12ClN3O2/c17-13-3-1-11(2-4-13)15(12-5-8-18-9-6-12)20-16(21)14-7-10-19-22-14/h1-10,15H,(H,20,21). The van der Waals surface area contributed by atoms with E-state index in [4.69, 9.17) is 16.1 Å². The van der Waals surface area contributed by atoms with Crippen molar-refractivity contribution in [3.63, 3.8) is 0 Å². The first kappa shape index (κ1) is 14.3. The summed E-state index contributed by atoms with van der Waals surface area (Å²) in [5, 5.41) is 7.11. The average molecular weight is 314 g/mol. The number of hydrogen-bond donors (Lipinski definition) is 1. The maximum absolute atomic E-state index is 12.2. The van der Waals surface area contributed by atoms with E-state index in [0.717, 1.165) is 11.1 Å². The molecule has 6 heteroatoms. The molecular weight excluding hydrogens is 302 g/mol. The molecule has 0 aliphatic rings. The summed E-state index contributed by atoms with van der Waals surface area (Å²) in [7, 11) is 0. The van der Waals surface area contributed by atoms with Crippen molar-refractivity contribution in [2.45, 2.75) is 6.04 Å². The molecule has 0 bridgehead atoms. The molecule has 3 rings (SSSR count). The number of carbonyl (C=O) groups is 1. The van der Waals surface area contributed by atoms with Crippen LogP contribution in [0.3, 0.4) is 0 Å². The number of nitrogens with zero attached hydrogens (tertiary/aromatic N) is 2. The number of benzene rings is 1. The van der Waals surface area contributed by atoms with Crippen molar-refractivity contribution >= 4 is 17.5 Å². The van der Waals surface area contributed by atoms with E-state index in [-0.39, 0.29) is 17.7 Å². The highest BCUT2D eigenvalue weighted by molar-refractivity contribution is 6.30. The number of amides is 1. The number of nitrogens with one attached hydrogen (secondary N) is 1. The van der Waals surface area contributed by atoms with E-state index in [2.05, 4.69) is 15.5 Å². The van der Waals surface area contributed by atoms with Crippen LogP contribution in [0.5, 0.6) is 0 Å². The summed E-state index contributed by atoms with van der Waals surface area (Å²) in [5.41, 5.74) is 1.81. The number of hydrogen-bond acceptors (Lipinski definition) is 4. The Balaban J connectivity index is 1.93. The Labute approximate surface area is 131 Å². The number of rotatable bonds is 4. The van der Waals surface area contributed by atoms with Crippen LogP contribution in [0.4, 0.5) is 0 Å². The van der Waals surface area contributed by atoms with Gasteiger partial charge in [0.1, 0.15) is 0 Å². The second-order valence-corrected chi connectivity index (χ2v) is 5.05. The van der Waals surface area contributed by atoms with Crippen LogP contribution in [0, 0.1) is 0 Å². The second kappa shape index (κ2) is 6.41. The molecule has 1 N–H and O–H groups in total. The molecule has 0 fully saturated rings. The molecule has 3 aromatic rings. The Morgan fingerprint density at radius 2 is 1.68 bits per heavy atom. The van der Waals surface area contributed by atoms with Crippen LogP contribution in [-0.4, -0.2) is 16.0 Å². The van der Waals surface area contributed by atoms with Gasteiger partial charge in [-0.2, -0.15) is 0 Å². The van der Waals surface area contributed by atoms with E-state index in [1.807, 2.05) is 24.3 Å². The molecule has 1 atom stereocenters. The number of pyridine rings is 1. The van der Waals surface area contributed by atoms with Gasteiger partial charge in [0.15, 0.2) is 0 Å². The highest BCUT2D eigenvalue weighted by Crippen LogP contribution is 2.23. The molecule has 1 aromatic carbocycles. The lowest BCUT2D eigenvalue weighted by Gasteiger charge is -2.19. The minimum absolute atomic E-state index is 0.160. The molecule has 0 radical (unpaired) electrons. The molecule has 2 aromatic heterocycles. The fourth-order valence-corrected chi connectivity index (χ4v) is 2.23. The van der Waals surface area contributed by atoms with Crippen LogP contribution in [0.1, 0.15) is 27.7 Å². The zero-order valence-corrected chi connectivity index (χ0v) is 12.2. The molecule has 22 heavy (non-hydrogen) atoms. The highest BCUT2D eigenvalue weighted by atomic mass is 35.5. The molecular formula is C16H12ClN3O2. The van der Waals surface area contributed by atoms with Gasteiger partial charge in [0, 0.05) is 23.5 Å². The second-order valence-electron chi connectivity index (χ2n) is 4.62. The molecule has 0 spiro atoms. The molecule has 1 amide bonds. The van der Waals surface area contributed by atoms with Gasteiger partial charge in [-0.1, -0.05) is 28.9 Å². The first-order valence-corrected chi connectivity index (χ1v) is 6.99. The van der Waals surface area contributed by atoms with E-state index in [1.165, 1.54) is 12.3 Å². The molecule has 0 aliphatic heterocycles. The lowest BCUT2D eigenvalue weighted by molar-refractivity contribution is 0.0906. The Kier molecular flexibility index (Phi) is 4.16. The average Bonchev–Trinajstić information content (AvgIpc) is 3.09. The summed E-state index contributed by atoms with van der Waals surface area (Å²) in [6.07, 6.45) is 4.79. The van der Waals surface area contributed by atoms with Crippen LogP contribution < -0.4 is 5.32 Å². The molecule has 0 aliphatic carbocycles. The normalized spacial score (nSPS) is 11.9. The quantitative estimate of drug-likeness (QED) is 0.803. The Bertz CT molecular complexity index is 743. The minimum atomic E-state index is -0.339. The zero-order chi connectivity index (χ0) is 15.4. The topological polar surface area (TPSA) is 68.0 Å². The highest BCUT2D eigenvalue weighted by Gasteiger charge is 2.19. The predicted octanol–water partition coefficient (Wildman–Crippen LogP) is 3.24. The first-order valence-electron chi connectivity index (χ1n) is 6.61. The third kappa shape index (κ3) is 3.15. The van der Waals surface area contributed by atoms with Gasteiger partial charge in [0.05, 0.1) is 12.2 Å². The van der Waals surface area contributed by atoms with E-state index < -0.39 is 0 Å². The van der Waals surface area contributed by atoms with Gasteiger partial charge >= 0.3 is 0 Å². The summed E-state index contributed by atoms with van der Waals surface area (Å²) in [6, 6.07) is 12.2. The Hall–Kier alpha value is -2.66. The maximum Gasteiger partial charge on any atom is 0.290 e. The van der Waals surface area contributed by atoms with Gasteiger partial charge in [-0.25, -0.2) is 0 Å². The molecule has 110 valence electrons. The molecule has 0 saturated carbocycles. The van der Waals surface area contributed by atoms with Gasteiger partial charge in [0.25, 0.3) is 5.91 Å². The Morgan fingerprint density at radius 1 is 1.00 bits per heavy atom. The van der Waals surface area contributed by atoms with Crippen molar-refractivity contribution in [2.75, 3.05) is 0 Å². The summed E-state index contributed by atoms with van der Waals surface area (Å²) >= 11 is 5.93. The minimum Gasteiger partial charge on any atom is -0.351 e. The molecule has 5 nitrogen and oxygen atoms in total. The van der Waals surface area contributed by atoms with E-state index in [1.54, 1.807) is 24.5 Å². The first-order chi connectivity index (χ1) is 10.7. The van der Waals surface area contributed by atoms with Crippen LogP contribution in [-0.2, 0) is 0 Å². The van der Waals surface area contributed by atoms with Crippen molar-refractivity contribution in [1.82, 2.24) is 15.5 Å². The third-order valence-corrected chi connectivity index (χ3v) is 3.43. The SMILES string of the molecule is O=C(NC(c1ccncc1)c1ccc(Cl)cc1)c1ccno1. The van der Waals surface area contributed by atoms with Crippen LogP contribution in [0.2, 0.25) is 5.02 Å². The van der Waals surface area contributed by atoms with E-state index >= 15 is 0 Å². The van der Waals surface area contributed by atoms with Crippen molar-refractivity contribution in [2.24, 2.45) is 0 Å². The summed E-state index contributed by atoms with van der Waals surface area (Å²) < 4.78 is 4.89. The van der Waals surface area contributed by atoms with E-state index in [9.17, 15) is 4.79 Å². The Morgan fingerprint density at radius 3 is 2.32 bits per heavy atom. The molecule has 0 saturated heterocycles. The number of carbonyl (C=O) groups excluding carboxylic acids is 1. The smallest absolute Gasteiger partial charge is 0.290 e. The maximum atomic E-state index is 12.2. The summed E-state index contributed by atoms with van der Waals surface area (Å²) in [4.78, 5) is 16.2. The fourth-order valence-electron chi connectivity index (χ4n) is 2.11. The molecule has 1 unspecified atom stereocenters. The van der Waals surface area contributed by atoms with Crippen LogP contribution in [0.25, 0.3) is 0 Å². The van der Waals surface area contributed by atoms with E-state index in [0.29, 0.717) is 5.02 Å². The molecule has 2 heterocycles. The van der Waals surface area contributed by atoms with Gasteiger partial charge in [0.2, 0.25) is 5.76 Å². The zero-order valence-electron chi connectivity index (χ0n) is 11.4. The lowest BCUT2D eigenvalue weighted by atomic mass is 9.99. The van der Waals surface area contributed by atoms with Gasteiger partial charge in [-0.3, -0.25) is 9.78 Å². The summed E-state index contributed by atoms with van der Waals surface area (Å²) in [5.74, 6) is -0.178. The van der Waals surface area contributed by atoms with Crippen LogP contribution >= 0.6 is 11.6 Å². The third-order valence-electron chi connectivity index (χ3n) is 3.18.